The molecule has 0 bridgehead atoms. The predicted molar refractivity (Wildman–Crippen MR) is 106 cm³/mol. The largest absolute Gasteiger partial charge is 0.498 e. The first-order valence-corrected chi connectivity index (χ1v) is 9.16. The van der Waals surface area contributed by atoms with Crippen molar-refractivity contribution >= 4 is 24.6 Å². The lowest BCUT2D eigenvalue weighted by atomic mass is 9.81. The van der Waals surface area contributed by atoms with Crippen molar-refractivity contribution in [1.82, 2.24) is 15.3 Å². The third kappa shape index (κ3) is 5.74. The van der Waals surface area contributed by atoms with Crippen LogP contribution in [-0.4, -0.2) is 67.7 Å². The molecule has 2 rings (SSSR count). The minimum atomic E-state index is -0.540. The van der Waals surface area contributed by atoms with Crippen LogP contribution < -0.4 is 16.5 Å². The van der Waals surface area contributed by atoms with Crippen molar-refractivity contribution in [2.24, 2.45) is 5.73 Å². The Hall–Kier alpha value is -2.01. The van der Waals surface area contributed by atoms with Crippen molar-refractivity contribution in [3.8, 4) is 0 Å². The molecule has 1 aromatic heterocycles. The maximum atomic E-state index is 12.0. The summed E-state index contributed by atoms with van der Waals surface area (Å²) in [6.45, 7) is 9.62. The number of nitrogens with two attached hydrogens (primary N) is 1. The van der Waals surface area contributed by atoms with Crippen LogP contribution in [0.3, 0.4) is 0 Å². The number of ether oxygens (including phenoxy) is 2. The molecule has 0 saturated carbocycles. The second kappa shape index (κ2) is 9.46. The molecule has 0 spiro atoms. The average molecular weight is 392 g/mol. The van der Waals surface area contributed by atoms with Gasteiger partial charge in [-0.25, -0.2) is 9.97 Å². The van der Waals surface area contributed by atoms with Gasteiger partial charge in [-0.2, -0.15) is 0 Å². The third-order valence-electron chi connectivity index (χ3n) is 4.73. The normalized spacial score (nSPS) is 18.3. The maximum Gasteiger partial charge on any atom is 0.498 e. The molecule has 1 aromatic rings. The molecule has 154 valence electrons. The van der Waals surface area contributed by atoms with Crippen LogP contribution in [0.5, 0.6) is 0 Å². The predicted octanol–water partition coefficient (Wildman–Crippen LogP) is -0.145. The minimum Gasteiger partial charge on any atom is -0.399 e. The van der Waals surface area contributed by atoms with E-state index in [0.29, 0.717) is 37.7 Å². The van der Waals surface area contributed by atoms with Gasteiger partial charge in [0.25, 0.3) is 5.91 Å². The molecular formula is C18H29BN4O5. The van der Waals surface area contributed by atoms with E-state index in [1.54, 1.807) is 19.5 Å². The van der Waals surface area contributed by atoms with E-state index in [4.69, 9.17) is 24.5 Å². The summed E-state index contributed by atoms with van der Waals surface area (Å²) in [6.07, 6.45) is 4.63. The zero-order valence-electron chi connectivity index (χ0n) is 17.2. The van der Waals surface area contributed by atoms with Crippen molar-refractivity contribution < 1.29 is 23.6 Å². The highest BCUT2D eigenvalue weighted by molar-refractivity contribution is 6.61. The van der Waals surface area contributed by atoms with E-state index in [0.717, 1.165) is 0 Å². The second-order valence-corrected chi connectivity index (χ2v) is 7.42. The Balaban J connectivity index is 1.88. The summed E-state index contributed by atoms with van der Waals surface area (Å²) in [5.74, 6) is -0.0850. The number of nitrogens with one attached hydrogen (secondary N) is 1. The molecular weight excluding hydrogens is 363 g/mol. The van der Waals surface area contributed by atoms with E-state index in [2.05, 4.69) is 15.3 Å². The van der Waals surface area contributed by atoms with E-state index in [-0.39, 0.29) is 5.70 Å². The Kier molecular flexibility index (Phi) is 7.53. The molecule has 2 heterocycles. The maximum absolute atomic E-state index is 12.0. The van der Waals surface area contributed by atoms with Gasteiger partial charge >= 0.3 is 7.12 Å². The highest BCUT2D eigenvalue weighted by Crippen LogP contribution is 2.36. The molecule has 0 unspecified atom stereocenters. The lowest BCUT2D eigenvalue weighted by Crippen LogP contribution is -2.41. The Morgan fingerprint density at radius 1 is 1.18 bits per heavy atom. The summed E-state index contributed by atoms with van der Waals surface area (Å²) in [4.78, 5) is 20.4. The zero-order valence-corrected chi connectivity index (χ0v) is 17.2. The quantitative estimate of drug-likeness (QED) is 0.339. The molecule has 9 nitrogen and oxygen atoms in total. The van der Waals surface area contributed by atoms with Crippen LogP contribution in [-0.2, 0) is 23.6 Å². The smallest absolute Gasteiger partial charge is 0.399 e. The lowest BCUT2D eigenvalue weighted by Gasteiger charge is -2.32. The number of carbonyl (C=O) groups excluding carboxylic acids is 1. The van der Waals surface area contributed by atoms with Gasteiger partial charge in [0.15, 0.2) is 5.82 Å². The van der Waals surface area contributed by atoms with Crippen molar-refractivity contribution in [1.29, 1.82) is 0 Å². The number of hydrogen-bond donors (Lipinski definition) is 2. The van der Waals surface area contributed by atoms with Crippen LogP contribution in [0.4, 0.5) is 0 Å². The fourth-order valence-corrected chi connectivity index (χ4v) is 2.31. The minimum absolute atomic E-state index is 0.0141. The monoisotopic (exact) mass is 392 g/mol. The van der Waals surface area contributed by atoms with Gasteiger partial charge in [-0.3, -0.25) is 4.79 Å². The van der Waals surface area contributed by atoms with Gasteiger partial charge in [0.05, 0.1) is 31.0 Å². The Morgan fingerprint density at radius 3 is 2.36 bits per heavy atom. The molecule has 1 aliphatic rings. The van der Waals surface area contributed by atoms with Crippen LogP contribution >= 0.6 is 0 Å². The van der Waals surface area contributed by atoms with E-state index in [1.165, 1.54) is 6.08 Å². The van der Waals surface area contributed by atoms with Gasteiger partial charge < -0.3 is 29.8 Å². The van der Waals surface area contributed by atoms with Crippen molar-refractivity contribution in [2.45, 2.75) is 38.9 Å². The second-order valence-electron chi connectivity index (χ2n) is 7.42. The molecule has 10 heteroatoms. The number of rotatable bonds is 9. The fraction of sp³-hybridized carbons (Fsp3) is 0.611. The van der Waals surface area contributed by atoms with Crippen LogP contribution in [0, 0.1) is 0 Å². The lowest BCUT2D eigenvalue weighted by molar-refractivity contribution is -0.117. The van der Waals surface area contributed by atoms with Crippen molar-refractivity contribution in [3.63, 3.8) is 0 Å². The van der Waals surface area contributed by atoms with E-state index in [1.807, 2.05) is 27.7 Å². The molecule has 0 aliphatic carbocycles. The number of nitrogens with zero attached hydrogens (tertiary/aromatic N) is 2. The molecule has 1 amide bonds. The summed E-state index contributed by atoms with van der Waals surface area (Å²) in [7, 11) is 1.06. The van der Waals surface area contributed by atoms with E-state index in [9.17, 15) is 4.79 Å². The Morgan fingerprint density at radius 2 is 1.79 bits per heavy atom. The first-order valence-electron chi connectivity index (χ1n) is 9.16. The standard InChI is InChI=1S/C18H29BN4O5/c1-17(2)18(3,4)28-19(27-17)13-11-22-15(23-12-13)10-14(20)16(24)21-6-7-26-9-8-25-5/h10-12H,6-9,20H2,1-5H3,(H,21,24). The van der Waals surface area contributed by atoms with Gasteiger partial charge in [0.1, 0.15) is 5.70 Å². The van der Waals surface area contributed by atoms with Gasteiger partial charge in [-0.15, -0.1) is 0 Å². The van der Waals surface area contributed by atoms with E-state index >= 15 is 0 Å². The summed E-state index contributed by atoms with van der Waals surface area (Å²) < 4.78 is 22.1. The molecule has 0 radical (unpaired) electrons. The van der Waals surface area contributed by atoms with Crippen LogP contribution in [0.25, 0.3) is 6.08 Å². The number of hydrogen-bond acceptors (Lipinski definition) is 8. The van der Waals surface area contributed by atoms with E-state index < -0.39 is 24.2 Å². The summed E-state index contributed by atoms with van der Waals surface area (Å²) in [5, 5.41) is 2.66. The van der Waals surface area contributed by atoms with Gasteiger partial charge in [-0.1, -0.05) is 0 Å². The Bertz CT molecular complexity index is 678. The molecule has 1 aliphatic heterocycles. The van der Waals surface area contributed by atoms with Crippen LogP contribution in [0.15, 0.2) is 18.1 Å². The van der Waals surface area contributed by atoms with Gasteiger partial charge in [0, 0.05) is 37.6 Å². The summed E-state index contributed by atoms with van der Waals surface area (Å²) >= 11 is 0. The average Bonchev–Trinajstić information content (AvgIpc) is 2.86. The summed E-state index contributed by atoms with van der Waals surface area (Å²) in [5.41, 5.74) is 5.64. The molecule has 0 atom stereocenters. The Labute approximate surface area is 166 Å². The van der Waals surface area contributed by atoms with Crippen LogP contribution in [0.1, 0.15) is 33.5 Å². The van der Waals surface area contributed by atoms with Gasteiger partial charge in [0.2, 0.25) is 0 Å². The third-order valence-corrected chi connectivity index (χ3v) is 4.73. The SMILES string of the molecule is COCCOCCNC(=O)C(N)=Cc1ncc(B2OC(C)(C)C(C)(C)O2)cn1. The summed E-state index contributed by atoms with van der Waals surface area (Å²) in [6, 6.07) is 0. The number of aromatic nitrogens is 2. The number of methoxy groups -OCH3 is 1. The fourth-order valence-electron chi connectivity index (χ4n) is 2.31. The van der Waals surface area contributed by atoms with Crippen LogP contribution in [0.2, 0.25) is 0 Å². The molecule has 1 saturated heterocycles. The zero-order chi connectivity index (χ0) is 20.8. The first kappa shape index (κ1) is 22.3. The highest BCUT2D eigenvalue weighted by atomic mass is 16.7. The molecule has 28 heavy (non-hydrogen) atoms. The highest BCUT2D eigenvalue weighted by Gasteiger charge is 2.51. The topological polar surface area (TPSA) is 118 Å². The van der Waals surface area contributed by atoms with Crippen molar-refractivity contribution in [2.75, 3.05) is 33.5 Å². The van der Waals surface area contributed by atoms with Gasteiger partial charge in [-0.05, 0) is 27.7 Å². The number of carbonyl (C=O) groups is 1. The molecule has 0 aromatic carbocycles. The first-order chi connectivity index (χ1) is 13.2. The number of amides is 1. The molecule has 1 fully saturated rings. The molecule has 3 N–H and O–H groups in total. The van der Waals surface area contributed by atoms with Crippen molar-refractivity contribution in [3.05, 3.63) is 23.9 Å².